The van der Waals surface area contributed by atoms with E-state index in [0.29, 0.717) is 6.42 Å². The molecule has 0 saturated heterocycles. The molecule has 0 fully saturated rings. The molecule has 1 N–H and O–H groups in total. The average molecular weight is 355 g/mol. The number of rotatable bonds is 2. The van der Waals surface area contributed by atoms with Crippen molar-refractivity contribution in [3.05, 3.63) is 66.2 Å². The van der Waals surface area contributed by atoms with Crippen LogP contribution in [0.1, 0.15) is 25.0 Å². The van der Waals surface area contributed by atoms with Crippen LogP contribution in [0.2, 0.25) is 0 Å². The zero-order valence-electron chi connectivity index (χ0n) is 11.8. The predicted molar refractivity (Wildman–Crippen MR) is 77.3 cm³/mol. The van der Waals surface area contributed by atoms with E-state index in [0.717, 1.165) is 11.0 Å². The van der Waals surface area contributed by atoms with E-state index in [1.165, 1.54) is 6.92 Å². The molecule has 0 amide bonds. The normalized spacial score (nSPS) is 15.3. The van der Waals surface area contributed by atoms with E-state index >= 15 is 0 Å². The summed E-state index contributed by atoms with van der Waals surface area (Å²) >= 11 is 0. The van der Waals surface area contributed by atoms with Crippen molar-refractivity contribution >= 4 is 18.4 Å². The number of hydrogen-bond donors (Lipinski definition) is 1. The summed E-state index contributed by atoms with van der Waals surface area (Å²) in [5.74, 6) is 0.0582. The number of ketones is 1. The van der Waals surface area contributed by atoms with Crippen LogP contribution in [0.3, 0.4) is 0 Å². The van der Waals surface area contributed by atoms with Crippen LogP contribution in [0, 0.1) is 12.1 Å². The van der Waals surface area contributed by atoms with Crippen LogP contribution in [0.4, 0.5) is 0 Å². The Morgan fingerprint density at radius 3 is 2.52 bits per heavy atom. The molecule has 1 aliphatic heterocycles. The first-order valence-corrected chi connectivity index (χ1v) is 6.42. The molecule has 2 aromatic rings. The topological polar surface area (TPSA) is 46.5 Å². The molecular formula is C16H15BO3Y-2. The van der Waals surface area contributed by atoms with Gasteiger partial charge in [-0.05, 0) is 6.92 Å². The van der Waals surface area contributed by atoms with E-state index in [2.05, 4.69) is 12.1 Å². The summed E-state index contributed by atoms with van der Waals surface area (Å²) in [4.78, 5) is 10.9. The molecular weight excluding hydrogens is 340 g/mol. The Morgan fingerprint density at radius 1 is 1.29 bits per heavy atom. The molecule has 1 atom stereocenters. The largest absolute Gasteiger partial charge is 0.434 e. The van der Waals surface area contributed by atoms with Gasteiger partial charge in [-0.25, -0.2) is 0 Å². The van der Waals surface area contributed by atoms with Crippen molar-refractivity contribution in [3.8, 4) is 0 Å². The Hall–Kier alpha value is -0.801. The first-order valence-electron chi connectivity index (χ1n) is 6.42. The van der Waals surface area contributed by atoms with Gasteiger partial charge in [0.2, 0.25) is 0 Å². The van der Waals surface area contributed by atoms with Crippen molar-refractivity contribution in [2.75, 3.05) is 0 Å². The minimum absolute atomic E-state index is 0. The monoisotopic (exact) mass is 355 g/mol. The molecule has 1 aliphatic rings. The smallest absolute Gasteiger partial charge is 0.416 e. The fraction of sp³-hybridized carbons (Fsp3) is 0.188. The van der Waals surface area contributed by atoms with E-state index in [4.69, 9.17) is 4.65 Å². The van der Waals surface area contributed by atoms with E-state index in [-0.39, 0.29) is 44.6 Å². The van der Waals surface area contributed by atoms with Gasteiger partial charge in [0.15, 0.2) is 0 Å². The molecule has 105 valence electrons. The zero-order chi connectivity index (χ0) is 14.4. The number of benzene rings is 2. The molecule has 0 aromatic heterocycles. The maximum absolute atomic E-state index is 10.9. The summed E-state index contributed by atoms with van der Waals surface area (Å²) in [5.41, 5.74) is 1.62. The van der Waals surface area contributed by atoms with Gasteiger partial charge in [-0.15, -0.1) is 11.0 Å². The first kappa shape index (κ1) is 18.2. The van der Waals surface area contributed by atoms with E-state index in [9.17, 15) is 9.82 Å². The van der Waals surface area contributed by atoms with Gasteiger partial charge in [-0.3, -0.25) is 4.79 Å². The van der Waals surface area contributed by atoms with Crippen LogP contribution < -0.4 is 5.46 Å². The number of fused-ring (bicyclic) bond motifs is 1. The van der Waals surface area contributed by atoms with E-state index in [1.54, 1.807) is 12.1 Å². The summed E-state index contributed by atoms with van der Waals surface area (Å²) in [6.07, 6.45) is 0.0146. The van der Waals surface area contributed by atoms with E-state index in [1.807, 2.05) is 36.4 Å². The van der Waals surface area contributed by atoms with Crippen molar-refractivity contribution in [2.45, 2.75) is 19.4 Å². The van der Waals surface area contributed by atoms with Crippen LogP contribution in [-0.2, 0) is 42.2 Å². The number of carbonyl (C=O) groups excluding carboxylic acids is 1. The Bertz CT molecular complexity index is 536. The molecule has 0 aliphatic carbocycles. The number of hydrogen-bond acceptors (Lipinski definition) is 3. The standard InChI is InChI=1S/C10H10BO3.C6H5.Y/c1-7(12)6-10-8-4-2-3-5-9(8)11(13)14-10;1-2-4-6-5-3-1;/h2,4-5,10,13H,6H2,1H3;1-5H;/q2*-1;/t10-;;/m1../s1. The van der Waals surface area contributed by atoms with Gasteiger partial charge in [0.05, 0.1) is 6.10 Å². The molecule has 0 saturated carbocycles. The Kier molecular flexibility index (Phi) is 8.05. The Labute approximate surface area is 150 Å². The van der Waals surface area contributed by atoms with Crippen molar-refractivity contribution in [1.29, 1.82) is 0 Å². The predicted octanol–water partition coefficient (Wildman–Crippen LogP) is 1.71. The van der Waals surface area contributed by atoms with Crippen LogP contribution in [0.5, 0.6) is 0 Å². The van der Waals surface area contributed by atoms with Gasteiger partial charge >= 0.3 is 7.12 Å². The maximum Gasteiger partial charge on any atom is 0.416 e. The second kappa shape index (κ2) is 9.26. The third kappa shape index (κ3) is 5.48. The molecule has 1 radical (unpaired) electrons. The summed E-state index contributed by atoms with van der Waals surface area (Å²) in [6, 6.07) is 20.7. The molecule has 21 heavy (non-hydrogen) atoms. The van der Waals surface area contributed by atoms with Gasteiger partial charge in [-0.2, -0.15) is 60.7 Å². The second-order valence-corrected chi connectivity index (χ2v) is 4.52. The van der Waals surface area contributed by atoms with Gasteiger partial charge in [0.1, 0.15) is 5.78 Å². The van der Waals surface area contributed by atoms with Gasteiger partial charge < -0.3 is 9.68 Å². The SMILES string of the molecule is CC(=O)C[C@H]1OB(O)c2c[c-]ccc21.[Y].[c-]1ccccc1. The second-order valence-electron chi connectivity index (χ2n) is 4.52. The Balaban J connectivity index is 0.000000267. The minimum atomic E-state index is -0.910. The maximum atomic E-state index is 10.9. The summed E-state index contributed by atoms with van der Waals surface area (Å²) in [7, 11) is -0.910. The van der Waals surface area contributed by atoms with Crippen LogP contribution in [-0.4, -0.2) is 17.9 Å². The number of Topliss-reactive ketones (excluding diaryl/α,β-unsaturated/α-hetero) is 1. The molecule has 0 unspecified atom stereocenters. The van der Waals surface area contributed by atoms with Crippen LogP contribution in [0.25, 0.3) is 0 Å². The zero-order valence-corrected chi connectivity index (χ0v) is 14.7. The fourth-order valence-corrected chi connectivity index (χ4v) is 2.03. The van der Waals surface area contributed by atoms with Crippen molar-refractivity contribution < 1.29 is 47.2 Å². The first-order chi connectivity index (χ1) is 9.68. The molecule has 2 aromatic carbocycles. The summed E-state index contributed by atoms with van der Waals surface area (Å²) in [6.45, 7) is 1.52. The van der Waals surface area contributed by atoms with Crippen molar-refractivity contribution in [3.63, 3.8) is 0 Å². The van der Waals surface area contributed by atoms with Gasteiger partial charge in [-0.1, -0.05) is 0 Å². The quantitative estimate of drug-likeness (QED) is 0.659. The minimum Gasteiger partial charge on any atom is -0.434 e. The fourth-order valence-electron chi connectivity index (χ4n) is 2.03. The molecule has 0 spiro atoms. The third-order valence-corrected chi connectivity index (χ3v) is 2.92. The molecule has 1 heterocycles. The average Bonchev–Trinajstić information content (AvgIpc) is 2.78. The van der Waals surface area contributed by atoms with Crippen LogP contribution in [0.15, 0.2) is 48.5 Å². The van der Waals surface area contributed by atoms with Crippen molar-refractivity contribution in [1.82, 2.24) is 0 Å². The summed E-state index contributed by atoms with van der Waals surface area (Å²) < 4.78 is 5.26. The molecule has 3 rings (SSSR count). The molecule has 3 nitrogen and oxygen atoms in total. The number of carbonyl (C=O) groups is 1. The van der Waals surface area contributed by atoms with Crippen molar-refractivity contribution in [2.24, 2.45) is 0 Å². The van der Waals surface area contributed by atoms with Gasteiger partial charge in [0, 0.05) is 39.1 Å². The van der Waals surface area contributed by atoms with Crippen LogP contribution >= 0.6 is 0 Å². The van der Waals surface area contributed by atoms with E-state index < -0.39 is 7.12 Å². The molecule has 0 bridgehead atoms. The third-order valence-electron chi connectivity index (χ3n) is 2.92. The van der Waals surface area contributed by atoms with Gasteiger partial charge in [0.25, 0.3) is 0 Å². The molecule has 5 heteroatoms. The summed E-state index contributed by atoms with van der Waals surface area (Å²) in [5, 5.41) is 9.51. The Morgan fingerprint density at radius 2 is 2.00 bits per heavy atom.